The molecule has 0 spiro atoms. The molecule has 4 aliphatic heterocycles. The number of aromatic nitrogens is 2. The first kappa shape index (κ1) is 36.1. The summed E-state index contributed by atoms with van der Waals surface area (Å²) >= 11 is 6.06. The highest BCUT2D eigenvalue weighted by Gasteiger charge is 2.40. The van der Waals surface area contributed by atoms with Crippen molar-refractivity contribution in [2.24, 2.45) is 0 Å². The van der Waals surface area contributed by atoms with Crippen LogP contribution in [0.5, 0.6) is 6.01 Å². The van der Waals surface area contributed by atoms with Gasteiger partial charge in [-0.2, -0.15) is 28.4 Å². The number of morpholine rings is 1. The predicted octanol–water partition coefficient (Wildman–Crippen LogP) is 2.97. The van der Waals surface area contributed by atoms with E-state index < -0.39 is 23.9 Å². The van der Waals surface area contributed by atoms with Crippen molar-refractivity contribution in [1.82, 2.24) is 24.7 Å². The molecule has 270 valence electrons. The van der Waals surface area contributed by atoms with Crippen LogP contribution in [0.4, 0.5) is 24.7 Å². The van der Waals surface area contributed by atoms with E-state index in [0.29, 0.717) is 50.8 Å². The molecule has 4 aliphatic rings. The van der Waals surface area contributed by atoms with E-state index in [0.717, 1.165) is 38.0 Å². The molecule has 0 saturated carbocycles. The molecule has 0 radical (unpaired) electrons. The number of alkyl halides is 3. The number of hydrogen-bond donors (Lipinski definition) is 1. The van der Waals surface area contributed by atoms with Crippen molar-refractivity contribution in [3.8, 4) is 12.1 Å². The lowest BCUT2D eigenvalue weighted by molar-refractivity contribution is -0.137. The van der Waals surface area contributed by atoms with Crippen LogP contribution >= 0.6 is 11.6 Å². The van der Waals surface area contributed by atoms with Crippen LogP contribution in [0.2, 0.25) is 5.02 Å². The minimum Gasteiger partial charge on any atom is -0.462 e. The fourth-order valence-corrected chi connectivity index (χ4v) is 7.43. The van der Waals surface area contributed by atoms with E-state index in [1.807, 2.05) is 18.0 Å². The summed E-state index contributed by atoms with van der Waals surface area (Å²) < 4.78 is 53.9. The zero-order valence-electron chi connectivity index (χ0n) is 28.0. The molecule has 3 atom stereocenters. The topological polar surface area (TPSA) is 122 Å². The standard InChI is InChI=1S/C34H42ClF3N8O4/c1-42-10-3-5-23(42)22-50-33-40-26-20-44(27-7-2-6-25(35)31(27)34(36,37)38)12-9-24(26)32(41-33)45-13-14-46(28(21-45)29(47)19-39)30(48)8-4-11-43-15-17-49-18-16-43/h2,4,6-8,23,28-29,47H,3,5,9-18,20-22H2,1H3/b8-4+/t23-,28+,29-/m0/s1. The predicted molar refractivity (Wildman–Crippen MR) is 180 cm³/mol. The average molecular weight is 719 g/mol. The number of likely N-dealkylation sites (tertiary alicyclic amines) is 1. The Hall–Kier alpha value is -3.68. The quantitative estimate of drug-likeness (QED) is 0.304. The molecule has 6 rings (SSSR count). The molecule has 1 aromatic carbocycles. The summed E-state index contributed by atoms with van der Waals surface area (Å²) in [5.74, 6) is 0.223. The number of fused-ring (bicyclic) bond motifs is 1. The second-order valence-electron chi connectivity index (χ2n) is 13.1. The summed E-state index contributed by atoms with van der Waals surface area (Å²) in [6.45, 7) is 5.72. The highest BCUT2D eigenvalue weighted by molar-refractivity contribution is 6.31. The minimum absolute atomic E-state index is 0.0307. The molecule has 2 aromatic rings. The number of anilines is 2. The number of carbonyl (C=O) groups excluding carboxylic acids is 1. The summed E-state index contributed by atoms with van der Waals surface area (Å²) in [7, 11) is 2.03. The third-order valence-corrected chi connectivity index (χ3v) is 10.3. The minimum atomic E-state index is -4.65. The molecule has 12 nitrogen and oxygen atoms in total. The van der Waals surface area contributed by atoms with Gasteiger partial charge in [0.2, 0.25) is 5.91 Å². The van der Waals surface area contributed by atoms with Crippen LogP contribution in [0.25, 0.3) is 0 Å². The van der Waals surface area contributed by atoms with E-state index in [9.17, 15) is 28.3 Å². The van der Waals surface area contributed by atoms with Gasteiger partial charge in [-0.05, 0) is 45.0 Å². The van der Waals surface area contributed by atoms with Gasteiger partial charge in [-0.15, -0.1) is 0 Å². The molecule has 1 aromatic heterocycles. The Bertz CT molecular complexity index is 1600. The van der Waals surface area contributed by atoms with Crippen LogP contribution in [-0.2, 0) is 28.7 Å². The zero-order valence-corrected chi connectivity index (χ0v) is 28.7. The first-order valence-electron chi connectivity index (χ1n) is 17.0. The number of aliphatic hydroxyl groups excluding tert-OH is 1. The number of hydrogen-bond acceptors (Lipinski definition) is 11. The fraction of sp³-hybridized carbons (Fsp3) is 0.588. The molecule has 0 bridgehead atoms. The number of likely N-dealkylation sites (N-methyl/N-ethyl adjacent to an activating group) is 1. The first-order chi connectivity index (χ1) is 24.0. The third-order valence-electron chi connectivity index (χ3n) is 9.94. The number of nitrogens with zero attached hydrogens (tertiary/aromatic N) is 8. The Morgan fingerprint density at radius 3 is 2.70 bits per heavy atom. The van der Waals surface area contributed by atoms with Gasteiger partial charge >= 0.3 is 12.2 Å². The monoisotopic (exact) mass is 718 g/mol. The second kappa shape index (κ2) is 15.7. The van der Waals surface area contributed by atoms with Gasteiger partial charge in [-0.1, -0.05) is 23.7 Å². The zero-order chi connectivity index (χ0) is 35.4. The van der Waals surface area contributed by atoms with Gasteiger partial charge in [0, 0.05) is 63.5 Å². The molecular weight excluding hydrogens is 677 g/mol. The molecule has 16 heteroatoms. The van der Waals surface area contributed by atoms with Gasteiger partial charge in [0.1, 0.15) is 12.4 Å². The van der Waals surface area contributed by atoms with E-state index in [2.05, 4.69) is 9.80 Å². The van der Waals surface area contributed by atoms with E-state index in [4.69, 9.17) is 31.0 Å². The Balaban J connectivity index is 1.27. The summed E-state index contributed by atoms with van der Waals surface area (Å²) in [5, 5.41) is 20.1. The van der Waals surface area contributed by atoms with E-state index in [1.54, 1.807) is 11.0 Å². The highest BCUT2D eigenvalue weighted by atomic mass is 35.5. The lowest BCUT2D eigenvalue weighted by Gasteiger charge is -2.43. The molecule has 50 heavy (non-hydrogen) atoms. The maximum Gasteiger partial charge on any atom is 0.419 e. The summed E-state index contributed by atoms with van der Waals surface area (Å²) in [6.07, 6.45) is -0.502. The molecule has 3 saturated heterocycles. The number of rotatable bonds is 9. The van der Waals surface area contributed by atoms with Crippen molar-refractivity contribution >= 4 is 29.0 Å². The lowest BCUT2D eigenvalue weighted by Crippen LogP contribution is -2.59. The Labute approximate surface area is 294 Å². The van der Waals surface area contributed by atoms with Crippen LogP contribution < -0.4 is 14.5 Å². The lowest BCUT2D eigenvalue weighted by atomic mass is 10.0. The SMILES string of the molecule is CN1CCC[C@H]1COc1nc2c(c(N3CCN(C(=O)/C=C/CN4CCOCC4)[C@@H]([C@@H](O)C#N)C3)n1)CCN(c1cccc(Cl)c1C(F)(F)F)C2. The van der Waals surface area contributed by atoms with E-state index in [1.165, 1.54) is 29.2 Å². The Morgan fingerprint density at radius 1 is 1.18 bits per heavy atom. The van der Waals surface area contributed by atoms with Crippen LogP contribution in [0.3, 0.4) is 0 Å². The maximum atomic E-state index is 14.1. The van der Waals surface area contributed by atoms with Crippen molar-refractivity contribution < 1.29 is 32.5 Å². The van der Waals surface area contributed by atoms with E-state index >= 15 is 0 Å². The van der Waals surface area contributed by atoms with Crippen molar-refractivity contribution in [1.29, 1.82) is 5.26 Å². The van der Waals surface area contributed by atoms with Gasteiger partial charge in [-0.25, -0.2) is 0 Å². The van der Waals surface area contributed by atoms with Crippen molar-refractivity contribution in [3.05, 3.63) is 52.2 Å². The fourth-order valence-electron chi connectivity index (χ4n) is 7.15. The largest absolute Gasteiger partial charge is 0.462 e. The summed E-state index contributed by atoms with van der Waals surface area (Å²) in [4.78, 5) is 32.3. The molecule has 0 aliphatic carbocycles. The highest BCUT2D eigenvalue weighted by Crippen LogP contribution is 2.43. The number of carbonyl (C=O) groups is 1. The Morgan fingerprint density at radius 2 is 1.98 bits per heavy atom. The number of ether oxygens (including phenoxy) is 2. The number of halogens is 4. The van der Waals surface area contributed by atoms with Crippen LogP contribution in [-0.4, -0.2) is 133 Å². The van der Waals surface area contributed by atoms with Gasteiger partial charge in [0.05, 0.1) is 53.8 Å². The van der Waals surface area contributed by atoms with Crippen LogP contribution in [0, 0.1) is 11.3 Å². The average Bonchev–Trinajstić information content (AvgIpc) is 3.53. The van der Waals surface area contributed by atoms with E-state index in [-0.39, 0.29) is 54.8 Å². The second-order valence-corrected chi connectivity index (χ2v) is 13.5. The normalized spacial score (nSPS) is 22.9. The first-order valence-corrected chi connectivity index (χ1v) is 17.3. The molecule has 1 N–H and O–H groups in total. The smallest absolute Gasteiger partial charge is 0.419 e. The molecule has 1 amide bonds. The molecule has 5 heterocycles. The molecule has 0 unspecified atom stereocenters. The van der Waals surface area contributed by atoms with Crippen molar-refractivity contribution in [3.63, 3.8) is 0 Å². The van der Waals surface area contributed by atoms with Crippen LogP contribution in [0.1, 0.15) is 29.7 Å². The summed E-state index contributed by atoms with van der Waals surface area (Å²) in [5.41, 5.74) is 0.341. The summed E-state index contributed by atoms with van der Waals surface area (Å²) in [6, 6.07) is 5.46. The molecule has 3 fully saturated rings. The van der Waals surface area contributed by atoms with Crippen LogP contribution in [0.15, 0.2) is 30.4 Å². The number of benzene rings is 1. The van der Waals surface area contributed by atoms with Gasteiger partial charge in [-0.3, -0.25) is 9.69 Å². The number of amides is 1. The third kappa shape index (κ3) is 8.10. The number of aliphatic hydroxyl groups is 1. The van der Waals surface area contributed by atoms with Gasteiger partial charge < -0.3 is 34.2 Å². The van der Waals surface area contributed by atoms with Crippen molar-refractivity contribution in [2.75, 3.05) is 89.0 Å². The molecular formula is C34H42ClF3N8O4. The van der Waals surface area contributed by atoms with Gasteiger partial charge in [0.25, 0.3) is 0 Å². The van der Waals surface area contributed by atoms with Gasteiger partial charge in [0.15, 0.2) is 6.10 Å². The Kier molecular flexibility index (Phi) is 11.3. The number of nitriles is 1. The maximum absolute atomic E-state index is 14.1. The van der Waals surface area contributed by atoms with Crippen molar-refractivity contribution in [2.45, 2.75) is 50.2 Å². The number of piperazine rings is 1.